The van der Waals surface area contributed by atoms with E-state index in [0.29, 0.717) is 6.42 Å². The fourth-order valence-electron chi connectivity index (χ4n) is 3.45. The summed E-state index contributed by atoms with van der Waals surface area (Å²) in [4.78, 5) is 15.8. The third-order valence-corrected chi connectivity index (χ3v) is 4.68. The molecular formula is C19H25N3O2. The molecule has 0 aliphatic heterocycles. The molecule has 1 amide bonds. The maximum absolute atomic E-state index is 10.9. The van der Waals surface area contributed by atoms with Gasteiger partial charge in [0.25, 0.3) is 0 Å². The first-order valence-corrected chi connectivity index (χ1v) is 8.87. The molecule has 0 saturated heterocycles. The number of unbranched alkanes of at least 4 members (excludes halogenated alkanes) is 3. The molecule has 1 aromatic heterocycles. The topological polar surface area (TPSA) is 74.2 Å². The molecular weight excluding hydrogens is 302 g/mol. The Morgan fingerprint density at radius 1 is 1.12 bits per heavy atom. The van der Waals surface area contributed by atoms with E-state index in [1.54, 1.807) is 5.48 Å². The van der Waals surface area contributed by atoms with E-state index in [-0.39, 0.29) is 5.91 Å². The normalized spacial score (nSPS) is 13.0. The van der Waals surface area contributed by atoms with Gasteiger partial charge in [0.1, 0.15) is 0 Å². The van der Waals surface area contributed by atoms with E-state index in [9.17, 15) is 4.79 Å². The van der Waals surface area contributed by atoms with Crippen molar-refractivity contribution in [3.8, 4) is 0 Å². The number of nitrogens with zero attached hydrogens (tertiary/aromatic N) is 1. The average Bonchev–Trinajstić information content (AvgIpc) is 3.07. The first-order chi connectivity index (χ1) is 11.8. The third kappa shape index (κ3) is 3.85. The Bertz CT molecular complexity index is 715. The number of hydroxylamine groups is 1. The van der Waals surface area contributed by atoms with Gasteiger partial charge in [-0.1, -0.05) is 31.0 Å². The highest BCUT2D eigenvalue weighted by molar-refractivity contribution is 5.93. The van der Waals surface area contributed by atoms with Crippen LogP contribution in [-0.2, 0) is 17.6 Å². The maximum atomic E-state index is 10.9. The van der Waals surface area contributed by atoms with E-state index < -0.39 is 0 Å². The molecule has 0 spiro atoms. The molecule has 5 heteroatoms. The van der Waals surface area contributed by atoms with Crippen LogP contribution in [-0.4, -0.2) is 22.6 Å². The van der Waals surface area contributed by atoms with Crippen molar-refractivity contribution in [2.45, 2.75) is 51.4 Å². The zero-order chi connectivity index (χ0) is 16.8. The van der Waals surface area contributed by atoms with Gasteiger partial charge in [-0.2, -0.15) is 0 Å². The van der Waals surface area contributed by atoms with Gasteiger partial charge in [0, 0.05) is 29.7 Å². The van der Waals surface area contributed by atoms with E-state index in [2.05, 4.69) is 23.5 Å². The van der Waals surface area contributed by atoms with Crippen LogP contribution in [0.5, 0.6) is 0 Å². The SMILES string of the molecule is O=C(CCCCCCNc1c2c(nc3ccccc13)CCC2)NO. The Hall–Kier alpha value is -2.14. The molecule has 0 bridgehead atoms. The van der Waals surface area contributed by atoms with E-state index in [0.717, 1.165) is 50.6 Å². The standard InChI is InChI=1S/C19H25N3O2/c23-18(22-24)12-3-1-2-6-13-20-19-14-8-4-5-10-16(14)21-17-11-7-9-15(17)19/h4-5,8,10,24H,1-3,6-7,9,11-13H2,(H,20,21)(H,22,23). The molecule has 5 nitrogen and oxygen atoms in total. The second-order valence-corrected chi connectivity index (χ2v) is 6.41. The first kappa shape index (κ1) is 16.7. The van der Waals surface area contributed by atoms with Crippen LogP contribution in [0.4, 0.5) is 5.69 Å². The first-order valence-electron chi connectivity index (χ1n) is 8.87. The van der Waals surface area contributed by atoms with Gasteiger partial charge in [-0.25, -0.2) is 5.48 Å². The predicted molar refractivity (Wildman–Crippen MR) is 95.3 cm³/mol. The minimum atomic E-state index is -0.299. The van der Waals surface area contributed by atoms with Gasteiger partial charge in [-0.15, -0.1) is 0 Å². The zero-order valence-electron chi connectivity index (χ0n) is 14.0. The summed E-state index contributed by atoms with van der Waals surface area (Å²) < 4.78 is 0. The van der Waals surface area contributed by atoms with Gasteiger partial charge in [0.05, 0.1) is 5.52 Å². The minimum Gasteiger partial charge on any atom is -0.384 e. The number of hydrogen-bond donors (Lipinski definition) is 3. The Kier molecular flexibility index (Phi) is 5.64. The molecule has 0 atom stereocenters. The lowest BCUT2D eigenvalue weighted by molar-refractivity contribution is -0.129. The van der Waals surface area contributed by atoms with Crippen LogP contribution in [0.3, 0.4) is 0 Å². The monoisotopic (exact) mass is 327 g/mol. The molecule has 2 aromatic rings. The highest BCUT2D eigenvalue weighted by Gasteiger charge is 2.18. The van der Waals surface area contributed by atoms with Crippen LogP contribution in [0.1, 0.15) is 49.8 Å². The van der Waals surface area contributed by atoms with E-state index >= 15 is 0 Å². The van der Waals surface area contributed by atoms with Crippen molar-refractivity contribution in [2.24, 2.45) is 0 Å². The van der Waals surface area contributed by atoms with Gasteiger partial charge in [-0.05, 0) is 43.7 Å². The molecule has 24 heavy (non-hydrogen) atoms. The number of benzene rings is 1. The van der Waals surface area contributed by atoms with Crippen LogP contribution >= 0.6 is 0 Å². The third-order valence-electron chi connectivity index (χ3n) is 4.68. The van der Waals surface area contributed by atoms with Gasteiger partial charge < -0.3 is 5.32 Å². The van der Waals surface area contributed by atoms with E-state index in [1.165, 1.54) is 28.8 Å². The Balaban J connectivity index is 1.55. The Morgan fingerprint density at radius 2 is 1.96 bits per heavy atom. The number of nitrogens with one attached hydrogen (secondary N) is 2. The van der Waals surface area contributed by atoms with Crippen molar-refractivity contribution < 1.29 is 10.0 Å². The largest absolute Gasteiger partial charge is 0.384 e. The summed E-state index contributed by atoms with van der Waals surface area (Å²) in [7, 11) is 0. The summed E-state index contributed by atoms with van der Waals surface area (Å²) in [6.07, 6.45) is 7.77. The van der Waals surface area contributed by atoms with Crippen molar-refractivity contribution in [3.05, 3.63) is 35.5 Å². The number of pyridine rings is 1. The molecule has 3 N–H and O–H groups in total. The number of para-hydroxylation sites is 1. The van der Waals surface area contributed by atoms with E-state index in [4.69, 9.17) is 10.2 Å². The van der Waals surface area contributed by atoms with Crippen molar-refractivity contribution in [1.82, 2.24) is 10.5 Å². The fourth-order valence-corrected chi connectivity index (χ4v) is 3.45. The molecule has 0 unspecified atom stereocenters. The summed E-state index contributed by atoms with van der Waals surface area (Å²) in [5, 5.41) is 13.3. The number of aromatic nitrogens is 1. The van der Waals surface area contributed by atoms with Crippen molar-refractivity contribution in [1.29, 1.82) is 0 Å². The molecule has 1 aliphatic carbocycles. The van der Waals surface area contributed by atoms with Crippen molar-refractivity contribution in [3.63, 3.8) is 0 Å². The Morgan fingerprint density at radius 3 is 2.83 bits per heavy atom. The quantitative estimate of drug-likeness (QED) is 0.393. The summed E-state index contributed by atoms with van der Waals surface area (Å²) >= 11 is 0. The van der Waals surface area contributed by atoms with Gasteiger partial charge in [-0.3, -0.25) is 15.0 Å². The Labute approximate surface area is 142 Å². The number of fused-ring (bicyclic) bond motifs is 2. The molecule has 0 radical (unpaired) electrons. The summed E-state index contributed by atoms with van der Waals surface area (Å²) in [5.41, 5.74) is 6.67. The lowest BCUT2D eigenvalue weighted by Gasteiger charge is -2.14. The van der Waals surface area contributed by atoms with Gasteiger partial charge in [0.15, 0.2) is 0 Å². The van der Waals surface area contributed by atoms with Crippen LogP contribution < -0.4 is 10.8 Å². The summed E-state index contributed by atoms with van der Waals surface area (Å²) in [6.45, 7) is 0.937. The second kappa shape index (κ2) is 8.11. The fraction of sp³-hybridized carbons (Fsp3) is 0.474. The minimum absolute atomic E-state index is 0.299. The smallest absolute Gasteiger partial charge is 0.243 e. The number of rotatable bonds is 8. The van der Waals surface area contributed by atoms with Crippen LogP contribution in [0.15, 0.2) is 24.3 Å². The molecule has 1 heterocycles. The number of aryl methyl sites for hydroxylation is 1. The number of amides is 1. The summed E-state index contributed by atoms with van der Waals surface area (Å²) in [6, 6.07) is 8.35. The predicted octanol–water partition coefficient (Wildman–Crippen LogP) is 3.59. The highest BCUT2D eigenvalue weighted by atomic mass is 16.5. The number of anilines is 1. The highest BCUT2D eigenvalue weighted by Crippen LogP contribution is 2.33. The second-order valence-electron chi connectivity index (χ2n) is 6.41. The lowest BCUT2D eigenvalue weighted by Crippen LogP contribution is -2.17. The van der Waals surface area contributed by atoms with E-state index in [1.807, 2.05) is 6.07 Å². The molecule has 0 saturated carbocycles. The van der Waals surface area contributed by atoms with Gasteiger partial charge in [0.2, 0.25) is 5.91 Å². The summed E-state index contributed by atoms with van der Waals surface area (Å²) in [5.74, 6) is -0.299. The number of hydrogen-bond acceptors (Lipinski definition) is 4. The number of carbonyl (C=O) groups is 1. The maximum Gasteiger partial charge on any atom is 0.243 e. The van der Waals surface area contributed by atoms with Crippen LogP contribution in [0, 0.1) is 0 Å². The molecule has 1 aromatic carbocycles. The lowest BCUT2D eigenvalue weighted by atomic mass is 10.1. The van der Waals surface area contributed by atoms with Crippen LogP contribution in [0.2, 0.25) is 0 Å². The molecule has 128 valence electrons. The molecule has 3 rings (SSSR count). The molecule has 1 aliphatic rings. The van der Waals surface area contributed by atoms with Crippen molar-refractivity contribution >= 4 is 22.5 Å². The van der Waals surface area contributed by atoms with Gasteiger partial charge >= 0.3 is 0 Å². The number of carbonyl (C=O) groups excluding carboxylic acids is 1. The van der Waals surface area contributed by atoms with Crippen LogP contribution in [0.25, 0.3) is 10.9 Å². The van der Waals surface area contributed by atoms with Crippen molar-refractivity contribution in [2.75, 3.05) is 11.9 Å². The zero-order valence-corrected chi connectivity index (χ0v) is 14.0. The average molecular weight is 327 g/mol. The molecule has 0 fully saturated rings.